The highest BCUT2D eigenvalue weighted by Gasteiger charge is 2.16. The average Bonchev–Trinajstić information content (AvgIpc) is 2.61. The molecule has 1 aromatic heterocycles. The lowest BCUT2D eigenvalue weighted by molar-refractivity contribution is 0.472. The van der Waals surface area contributed by atoms with Gasteiger partial charge in [-0.1, -0.05) is 0 Å². The van der Waals surface area contributed by atoms with Crippen molar-refractivity contribution in [3.8, 4) is 5.75 Å². The number of hydrogen-bond donors (Lipinski definition) is 1. The summed E-state index contributed by atoms with van der Waals surface area (Å²) in [5.41, 5.74) is 0.958. The molecule has 0 aliphatic carbocycles. The van der Waals surface area contributed by atoms with Crippen molar-refractivity contribution in [2.45, 2.75) is 19.8 Å². The Labute approximate surface area is 78.0 Å². The van der Waals surface area contributed by atoms with Crippen LogP contribution in [0.4, 0.5) is 5.82 Å². The van der Waals surface area contributed by atoms with Crippen LogP contribution in [0.1, 0.15) is 18.5 Å². The minimum absolute atomic E-state index is 0.299. The Kier molecular flexibility index (Phi) is 2.08. The highest BCUT2D eigenvalue weighted by Crippen LogP contribution is 2.27. The molecule has 1 fully saturated rings. The fourth-order valence-corrected chi connectivity index (χ4v) is 1.70. The average molecular weight is 178 g/mol. The molecule has 0 radical (unpaired) electrons. The SMILES string of the molecule is Cc1ccc(O)c(N2CCCC2)n1. The Bertz CT molecular complexity index is 306. The van der Waals surface area contributed by atoms with Crippen LogP contribution in [0.5, 0.6) is 5.75 Å². The van der Waals surface area contributed by atoms with Crippen LogP contribution in [0, 0.1) is 6.92 Å². The molecule has 2 heterocycles. The van der Waals surface area contributed by atoms with E-state index < -0.39 is 0 Å². The van der Waals surface area contributed by atoms with Gasteiger partial charge in [0.05, 0.1) is 0 Å². The topological polar surface area (TPSA) is 36.4 Å². The monoisotopic (exact) mass is 178 g/mol. The summed E-state index contributed by atoms with van der Waals surface area (Å²) >= 11 is 0. The summed E-state index contributed by atoms with van der Waals surface area (Å²) in [5, 5.41) is 9.59. The van der Waals surface area contributed by atoms with Crippen molar-refractivity contribution in [2.75, 3.05) is 18.0 Å². The van der Waals surface area contributed by atoms with Crippen molar-refractivity contribution in [3.63, 3.8) is 0 Å². The molecule has 0 aromatic carbocycles. The van der Waals surface area contributed by atoms with Crippen molar-refractivity contribution in [1.82, 2.24) is 4.98 Å². The third kappa shape index (κ3) is 1.59. The molecule has 1 aromatic rings. The van der Waals surface area contributed by atoms with Crippen molar-refractivity contribution >= 4 is 5.82 Å². The van der Waals surface area contributed by atoms with Crippen LogP contribution in [0.15, 0.2) is 12.1 Å². The van der Waals surface area contributed by atoms with Crippen LogP contribution in [0.3, 0.4) is 0 Å². The van der Waals surface area contributed by atoms with E-state index in [1.54, 1.807) is 6.07 Å². The number of anilines is 1. The number of nitrogens with zero attached hydrogens (tertiary/aromatic N) is 2. The Hall–Kier alpha value is -1.25. The summed E-state index contributed by atoms with van der Waals surface area (Å²) in [6.07, 6.45) is 2.41. The first-order chi connectivity index (χ1) is 6.27. The van der Waals surface area contributed by atoms with E-state index in [-0.39, 0.29) is 0 Å². The Morgan fingerprint density at radius 3 is 2.69 bits per heavy atom. The smallest absolute Gasteiger partial charge is 0.171 e. The van der Waals surface area contributed by atoms with Crippen molar-refractivity contribution in [3.05, 3.63) is 17.8 Å². The number of aromatic nitrogens is 1. The zero-order chi connectivity index (χ0) is 9.26. The van der Waals surface area contributed by atoms with Gasteiger partial charge in [0.1, 0.15) is 0 Å². The van der Waals surface area contributed by atoms with Crippen LogP contribution >= 0.6 is 0 Å². The first-order valence-electron chi connectivity index (χ1n) is 4.69. The van der Waals surface area contributed by atoms with Crippen LogP contribution in [0.25, 0.3) is 0 Å². The maximum Gasteiger partial charge on any atom is 0.171 e. The molecular weight excluding hydrogens is 164 g/mol. The van der Waals surface area contributed by atoms with Crippen molar-refractivity contribution in [2.24, 2.45) is 0 Å². The van der Waals surface area contributed by atoms with Gasteiger partial charge in [-0.3, -0.25) is 0 Å². The van der Waals surface area contributed by atoms with E-state index in [0.717, 1.165) is 24.6 Å². The molecule has 1 saturated heterocycles. The summed E-state index contributed by atoms with van der Waals surface area (Å²) in [4.78, 5) is 6.47. The summed E-state index contributed by atoms with van der Waals surface area (Å²) in [5.74, 6) is 1.05. The lowest BCUT2D eigenvalue weighted by atomic mass is 10.3. The van der Waals surface area contributed by atoms with E-state index in [1.165, 1.54) is 12.8 Å². The van der Waals surface area contributed by atoms with Crippen LogP contribution in [0.2, 0.25) is 0 Å². The number of pyridine rings is 1. The third-order valence-corrected chi connectivity index (χ3v) is 2.40. The van der Waals surface area contributed by atoms with Gasteiger partial charge < -0.3 is 10.0 Å². The first-order valence-corrected chi connectivity index (χ1v) is 4.69. The van der Waals surface area contributed by atoms with Crippen LogP contribution < -0.4 is 4.90 Å². The molecule has 3 heteroatoms. The molecule has 0 bridgehead atoms. The lowest BCUT2D eigenvalue weighted by Crippen LogP contribution is -2.19. The van der Waals surface area contributed by atoms with Gasteiger partial charge in [-0.15, -0.1) is 0 Å². The zero-order valence-corrected chi connectivity index (χ0v) is 7.82. The van der Waals surface area contributed by atoms with Gasteiger partial charge in [-0.05, 0) is 31.9 Å². The normalized spacial score (nSPS) is 16.5. The van der Waals surface area contributed by atoms with E-state index >= 15 is 0 Å². The summed E-state index contributed by atoms with van der Waals surface area (Å²) < 4.78 is 0. The minimum atomic E-state index is 0.299. The Balaban J connectivity index is 2.32. The van der Waals surface area contributed by atoms with E-state index in [1.807, 2.05) is 13.0 Å². The summed E-state index contributed by atoms with van der Waals surface area (Å²) in [6.45, 7) is 3.98. The van der Waals surface area contributed by atoms with Gasteiger partial charge in [0.25, 0.3) is 0 Å². The molecule has 1 aliphatic heterocycles. The zero-order valence-electron chi connectivity index (χ0n) is 7.82. The van der Waals surface area contributed by atoms with Crippen molar-refractivity contribution < 1.29 is 5.11 Å². The Morgan fingerprint density at radius 2 is 2.00 bits per heavy atom. The van der Waals surface area contributed by atoms with Gasteiger partial charge in [0.2, 0.25) is 0 Å². The summed E-state index contributed by atoms with van der Waals surface area (Å²) in [7, 11) is 0. The fraction of sp³-hybridized carbons (Fsp3) is 0.500. The van der Waals surface area contributed by atoms with Crippen LogP contribution in [-0.4, -0.2) is 23.2 Å². The molecular formula is C10H14N2O. The molecule has 0 atom stereocenters. The molecule has 0 amide bonds. The van der Waals surface area contributed by atoms with Gasteiger partial charge in [0.15, 0.2) is 11.6 Å². The Morgan fingerprint density at radius 1 is 1.31 bits per heavy atom. The highest BCUT2D eigenvalue weighted by atomic mass is 16.3. The second-order valence-corrected chi connectivity index (χ2v) is 3.49. The highest BCUT2D eigenvalue weighted by molar-refractivity contribution is 5.52. The summed E-state index contributed by atoms with van der Waals surface area (Å²) in [6, 6.07) is 3.55. The maximum atomic E-state index is 9.59. The lowest BCUT2D eigenvalue weighted by Gasteiger charge is -2.17. The van der Waals surface area contributed by atoms with Gasteiger partial charge in [0, 0.05) is 18.8 Å². The molecule has 1 N–H and O–H groups in total. The second-order valence-electron chi connectivity index (χ2n) is 3.49. The van der Waals surface area contributed by atoms with E-state index in [4.69, 9.17) is 0 Å². The molecule has 2 rings (SSSR count). The quantitative estimate of drug-likeness (QED) is 0.711. The van der Waals surface area contributed by atoms with E-state index in [0.29, 0.717) is 5.75 Å². The first kappa shape index (κ1) is 8.35. The molecule has 13 heavy (non-hydrogen) atoms. The van der Waals surface area contributed by atoms with E-state index in [9.17, 15) is 5.11 Å². The molecule has 1 aliphatic rings. The maximum absolute atomic E-state index is 9.59. The molecule has 0 unspecified atom stereocenters. The predicted molar refractivity (Wildman–Crippen MR) is 52.1 cm³/mol. The second kappa shape index (κ2) is 3.24. The minimum Gasteiger partial charge on any atom is -0.504 e. The third-order valence-electron chi connectivity index (χ3n) is 2.40. The molecule has 70 valence electrons. The number of aryl methyl sites for hydroxylation is 1. The standard InChI is InChI=1S/C10H14N2O/c1-8-4-5-9(13)10(11-8)12-6-2-3-7-12/h4-5,13H,2-3,6-7H2,1H3. The fourth-order valence-electron chi connectivity index (χ4n) is 1.70. The number of aromatic hydroxyl groups is 1. The van der Waals surface area contributed by atoms with Crippen LogP contribution in [-0.2, 0) is 0 Å². The van der Waals surface area contributed by atoms with Gasteiger partial charge >= 0.3 is 0 Å². The van der Waals surface area contributed by atoms with E-state index in [2.05, 4.69) is 9.88 Å². The number of hydrogen-bond acceptors (Lipinski definition) is 3. The molecule has 3 nitrogen and oxygen atoms in total. The van der Waals surface area contributed by atoms with Gasteiger partial charge in [-0.25, -0.2) is 4.98 Å². The predicted octanol–water partition coefficient (Wildman–Crippen LogP) is 1.70. The molecule has 0 spiro atoms. The molecule has 0 saturated carbocycles. The number of rotatable bonds is 1. The van der Waals surface area contributed by atoms with Gasteiger partial charge in [-0.2, -0.15) is 0 Å². The largest absolute Gasteiger partial charge is 0.504 e. The van der Waals surface area contributed by atoms with Crippen molar-refractivity contribution in [1.29, 1.82) is 0 Å².